The number of ether oxygens (including phenoxy) is 1. The normalized spacial score (nSPS) is 25.5. The van der Waals surface area contributed by atoms with Crippen molar-refractivity contribution in [3.05, 3.63) is 30.1 Å². The summed E-state index contributed by atoms with van der Waals surface area (Å²) >= 11 is 1.55. The molecule has 2 saturated heterocycles. The van der Waals surface area contributed by atoms with Crippen LogP contribution in [0.1, 0.15) is 19.8 Å². The van der Waals surface area contributed by atoms with E-state index in [1.54, 1.807) is 22.7 Å². The molecule has 1 N–H and O–H groups in total. The Morgan fingerprint density at radius 1 is 1.46 bits per heavy atom. The van der Waals surface area contributed by atoms with Gasteiger partial charge in [0.25, 0.3) is 5.91 Å². The van der Waals surface area contributed by atoms with Gasteiger partial charge in [-0.05, 0) is 25.5 Å². The number of hydrogen-bond donors (Lipinski definition) is 1. The third-order valence-corrected chi connectivity index (χ3v) is 5.72. The molecular formula is C16H17FN2O4S. The van der Waals surface area contributed by atoms with Crippen LogP contribution in [0.25, 0.3) is 0 Å². The van der Waals surface area contributed by atoms with E-state index in [-0.39, 0.29) is 16.5 Å². The van der Waals surface area contributed by atoms with Crippen molar-refractivity contribution in [3.8, 4) is 0 Å². The molecule has 3 rings (SSSR count). The number of thioether (sulfide) groups is 1. The summed E-state index contributed by atoms with van der Waals surface area (Å²) in [5.74, 6) is -1.42. The van der Waals surface area contributed by atoms with Crippen molar-refractivity contribution in [1.82, 2.24) is 4.90 Å². The maximum absolute atomic E-state index is 13.5. The lowest BCUT2D eigenvalue weighted by atomic mass is 10.2. The van der Waals surface area contributed by atoms with Gasteiger partial charge in [-0.1, -0.05) is 12.1 Å². The first kappa shape index (κ1) is 16.8. The summed E-state index contributed by atoms with van der Waals surface area (Å²) in [6.45, 7) is 1.41. The maximum Gasteiger partial charge on any atom is 0.330 e. The minimum Gasteiger partial charge on any atom is -0.454 e. The highest BCUT2D eigenvalue weighted by Gasteiger charge is 2.53. The SMILES string of the molecule is C[C@@]12CCC(=O)N1[C@@H](C(=O)OCC(=O)Nc1ccccc1F)CS2. The maximum atomic E-state index is 13.5. The fourth-order valence-corrected chi connectivity index (χ4v) is 4.39. The molecule has 1 aromatic carbocycles. The number of benzene rings is 1. The summed E-state index contributed by atoms with van der Waals surface area (Å²) in [7, 11) is 0. The van der Waals surface area contributed by atoms with Crippen LogP contribution in [0.5, 0.6) is 0 Å². The Hall–Kier alpha value is -2.09. The molecule has 6 nitrogen and oxygen atoms in total. The van der Waals surface area contributed by atoms with E-state index < -0.39 is 30.3 Å². The molecule has 2 aliphatic heterocycles. The molecule has 0 spiro atoms. The van der Waals surface area contributed by atoms with E-state index in [4.69, 9.17) is 4.74 Å². The number of hydrogen-bond acceptors (Lipinski definition) is 5. The molecule has 2 aliphatic rings. The lowest BCUT2D eigenvalue weighted by molar-refractivity contribution is -0.155. The standard InChI is InChI=1S/C16H17FN2O4S/c1-16-7-6-14(21)19(16)12(9-24-16)15(22)23-8-13(20)18-11-5-3-2-4-10(11)17/h2-5,12H,6-9H2,1H3,(H,18,20)/t12-,16-/m1/s1. The molecule has 0 aromatic heterocycles. The number of anilines is 1. The second-order valence-corrected chi connectivity index (χ2v) is 7.40. The van der Waals surface area contributed by atoms with Crippen LogP contribution in [0, 0.1) is 5.82 Å². The number of para-hydroxylation sites is 1. The monoisotopic (exact) mass is 352 g/mol. The third-order valence-electron chi connectivity index (χ3n) is 4.21. The van der Waals surface area contributed by atoms with Gasteiger partial charge in [-0.25, -0.2) is 9.18 Å². The van der Waals surface area contributed by atoms with Gasteiger partial charge < -0.3 is 15.0 Å². The molecule has 2 amide bonds. The smallest absolute Gasteiger partial charge is 0.330 e. The predicted octanol–water partition coefficient (Wildman–Crippen LogP) is 1.76. The first-order chi connectivity index (χ1) is 11.4. The Morgan fingerprint density at radius 3 is 2.96 bits per heavy atom. The fraction of sp³-hybridized carbons (Fsp3) is 0.438. The lowest BCUT2D eigenvalue weighted by Crippen LogP contribution is -2.47. The summed E-state index contributed by atoms with van der Waals surface area (Å²) < 4.78 is 18.5. The predicted molar refractivity (Wildman–Crippen MR) is 86.7 cm³/mol. The van der Waals surface area contributed by atoms with E-state index in [9.17, 15) is 18.8 Å². The van der Waals surface area contributed by atoms with Crippen molar-refractivity contribution >= 4 is 35.2 Å². The van der Waals surface area contributed by atoms with Crippen molar-refractivity contribution in [3.63, 3.8) is 0 Å². The minimum atomic E-state index is -0.670. The Morgan fingerprint density at radius 2 is 2.21 bits per heavy atom. The summed E-state index contributed by atoms with van der Waals surface area (Å²) in [5, 5.41) is 2.34. The minimum absolute atomic E-state index is 0.0252. The summed E-state index contributed by atoms with van der Waals surface area (Å²) in [5.41, 5.74) is 0.0252. The second-order valence-electron chi connectivity index (χ2n) is 5.90. The molecule has 0 saturated carbocycles. The summed E-state index contributed by atoms with van der Waals surface area (Å²) in [6.07, 6.45) is 1.12. The number of carbonyl (C=O) groups is 3. The van der Waals surface area contributed by atoms with Gasteiger partial charge in [0.1, 0.15) is 11.9 Å². The van der Waals surface area contributed by atoms with Crippen LogP contribution in [0.4, 0.5) is 10.1 Å². The Bertz CT molecular complexity index is 698. The number of nitrogens with zero attached hydrogens (tertiary/aromatic N) is 1. The van der Waals surface area contributed by atoms with E-state index in [0.29, 0.717) is 18.6 Å². The Kier molecular flexibility index (Phi) is 4.49. The highest BCUT2D eigenvalue weighted by molar-refractivity contribution is 8.01. The zero-order chi connectivity index (χ0) is 17.3. The van der Waals surface area contributed by atoms with Gasteiger partial charge in [-0.3, -0.25) is 9.59 Å². The topological polar surface area (TPSA) is 75.7 Å². The average Bonchev–Trinajstić information content (AvgIpc) is 3.04. The number of amides is 2. The number of nitrogens with one attached hydrogen (secondary N) is 1. The first-order valence-corrected chi connectivity index (χ1v) is 8.56. The van der Waals surface area contributed by atoms with Gasteiger partial charge in [0.05, 0.1) is 10.6 Å². The van der Waals surface area contributed by atoms with Crippen LogP contribution in [0.3, 0.4) is 0 Å². The molecule has 2 atom stereocenters. The summed E-state index contributed by atoms with van der Waals surface area (Å²) in [6, 6.07) is 5.05. The van der Waals surface area contributed by atoms with Crippen molar-refractivity contribution in [1.29, 1.82) is 0 Å². The molecule has 2 fully saturated rings. The van der Waals surface area contributed by atoms with Crippen molar-refractivity contribution in [2.75, 3.05) is 17.7 Å². The van der Waals surface area contributed by atoms with Gasteiger partial charge in [-0.15, -0.1) is 11.8 Å². The molecule has 0 unspecified atom stereocenters. The number of halogens is 1. The van der Waals surface area contributed by atoms with E-state index in [0.717, 1.165) is 0 Å². The van der Waals surface area contributed by atoms with Gasteiger partial charge in [0.2, 0.25) is 5.91 Å². The van der Waals surface area contributed by atoms with E-state index in [2.05, 4.69) is 5.32 Å². The third kappa shape index (κ3) is 3.10. The first-order valence-electron chi connectivity index (χ1n) is 7.58. The van der Waals surface area contributed by atoms with Gasteiger partial charge in [-0.2, -0.15) is 0 Å². The van der Waals surface area contributed by atoms with Crippen LogP contribution < -0.4 is 5.32 Å². The average molecular weight is 352 g/mol. The lowest BCUT2D eigenvalue weighted by Gasteiger charge is -2.29. The van der Waals surface area contributed by atoms with Crippen LogP contribution in [0.15, 0.2) is 24.3 Å². The van der Waals surface area contributed by atoms with Crippen molar-refractivity contribution in [2.24, 2.45) is 0 Å². The second kappa shape index (κ2) is 6.43. The zero-order valence-corrected chi connectivity index (χ0v) is 13.9. The van der Waals surface area contributed by atoms with Crippen LogP contribution in [0.2, 0.25) is 0 Å². The number of carbonyl (C=O) groups excluding carboxylic acids is 3. The molecule has 128 valence electrons. The number of esters is 1. The zero-order valence-electron chi connectivity index (χ0n) is 13.1. The van der Waals surface area contributed by atoms with Gasteiger partial charge in [0, 0.05) is 12.2 Å². The molecule has 1 aromatic rings. The highest BCUT2D eigenvalue weighted by atomic mass is 32.2. The number of fused-ring (bicyclic) bond motifs is 1. The highest BCUT2D eigenvalue weighted by Crippen LogP contribution is 2.47. The van der Waals surface area contributed by atoms with Crippen LogP contribution in [-0.4, -0.2) is 46.0 Å². The van der Waals surface area contributed by atoms with Crippen LogP contribution in [-0.2, 0) is 19.1 Å². The van der Waals surface area contributed by atoms with Crippen LogP contribution >= 0.6 is 11.8 Å². The molecule has 0 bridgehead atoms. The largest absolute Gasteiger partial charge is 0.454 e. The van der Waals surface area contributed by atoms with Gasteiger partial charge in [0.15, 0.2) is 6.61 Å². The Balaban J connectivity index is 1.55. The molecule has 8 heteroatoms. The van der Waals surface area contributed by atoms with Gasteiger partial charge >= 0.3 is 5.97 Å². The fourth-order valence-electron chi connectivity index (χ4n) is 2.98. The van der Waals surface area contributed by atoms with E-state index >= 15 is 0 Å². The molecule has 24 heavy (non-hydrogen) atoms. The summed E-state index contributed by atoms with van der Waals surface area (Å²) in [4.78, 5) is 37.2. The molecule has 0 radical (unpaired) electrons. The molecular weight excluding hydrogens is 335 g/mol. The molecule has 2 heterocycles. The van der Waals surface area contributed by atoms with E-state index in [1.165, 1.54) is 18.2 Å². The molecule has 0 aliphatic carbocycles. The van der Waals surface area contributed by atoms with Crippen molar-refractivity contribution < 1.29 is 23.5 Å². The van der Waals surface area contributed by atoms with E-state index in [1.807, 2.05) is 6.92 Å². The number of rotatable bonds is 4. The van der Waals surface area contributed by atoms with Crippen molar-refractivity contribution in [2.45, 2.75) is 30.7 Å². The Labute approximate surface area is 142 Å². The quantitative estimate of drug-likeness (QED) is 0.836.